The predicted octanol–water partition coefficient (Wildman–Crippen LogP) is 3.39. The van der Waals surface area contributed by atoms with Gasteiger partial charge < -0.3 is 5.73 Å². The molecule has 0 aliphatic heterocycles. The number of anilines is 2. The number of thiazole rings is 1. The average Bonchev–Trinajstić information content (AvgIpc) is 2.67. The number of carbonyl (C=O) groups excluding carboxylic acids is 1. The molecule has 7 heteroatoms. The number of nitrogens with two attached hydrogens (primary N) is 1. The molecule has 88 valence electrons. The third kappa shape index (κ3) is 2.96. The number of hydrogen-bond donors (Lipinski definition) is 2. The fourth-order valence-corrected chi connectivity index (χ4v) is 2.50. The van der Waals surface area contributed by atoms with Crippen molar-refractivity contribution in [1.82, 2.24) is 4.98 Å². The van der Waals surface area contributed by atoms with E-state index in [4.69, 9.17) is 17.3 Å². The molecule has 17 heavy (non-hydrogen) atoms. The van der Waals surface area contributed by atoms with E-state index in [1.807, 2.05) is 0 Å². The van der Waals surface area contributed by atoms with Crippen LogP contribution in [0.4, 0.5) is 10.8 Å². The van der Waals surface area contributed by atoms with Gasteiger partial charge in [-0.1, -0.05) is 22.9 Å². The Balaban J connectivity index is 2.22. The Morgan fingerprint density at radius 2 is 2.29 bits per heavy atom. The highest BCUT2D eigenvalue weighted by Gasteiger charge is 2.12. The molecule has 1 heterocycles. The molecule has 3 N–H and O–H groups in total. The molecule has 0 unspecified atom stereocenters. The van der Waals surface area contributed by atoms with Gasteiger partial charge in [0.1, 0.15) is 0 Å². The van der Waals surface area contributed by atoms with Crippen LogP contribution in [0, 0.1) is 0 Å². The van der Waals surface area contributed by atoms with E-state index < -0.39 is 0 Å². The van der Waals surface area contributed by atoms with Crippen molar-refractivity contribution in [3.63, 3.8) is 0 Å². The Morgan fingerprint density at radius 3 is 2.94 bits per heavy atom. The van der Waals surface area contributed by atoms with Crippen molar-refractivity contribution in [2.24, 2.45) is 0 Å². The zero-order chi connectivity index (χ0) is 12.4. The Kier molecular flexibility index (Phi) is 3.66. The van der Waals surface area contributed by atoms with Gasteiger partial charge in [-0.05, 0) is 34.1 Å². The summed E-state index contributed by atoms with van der Waals surface area (Å²) in [5, 5.41) is 3.50. The lowest BCUT2D eigenvalue weighted by Gasteiger charge is -2.04. The van der Waals surface area contributed by atoms with Gasteiger partial charge in [0.2, 0.25) is 0 Å². The zero-order valence-electron chi connectivity index (χ0n) is 8.41. The van der Waals surface area contributed by atoms with Crippen molar-refractivity contribution in [3.8, 4) is 0 Å². The van der Waals surface area contributed by atoms with Gasteiger partial charge in [-0.15, -0.1) is 0 Å². The number of halogens is 2. The molecular weight excluding hydrogens is 326 g/mol. The minimum atomic E-state index is -0.329. The zero-order valence-corrected chi connectivity index (χ0v) is 11.6. The van der Waals surface area contributed by atoms with E-state index in [-0.39, 0.29) is 5.91 Å². The molecule has 0 bridgehead atoms. The first-order valence-electron chi connectivity index (χ1n) is 4.54. The molecular formula is C10H7BrClN3OS. The second-order valence-corrected chi connectivity index (χ2v) is 5.98. The fraction of sp³-hybridized carbons (Fsp3) is 0. The molecule has 4 nitrogen and oxygen atoms in total. The maximum atomic E-state index is 11.9. The van der Waals surface area contributed by atoms with Gasteiger partial charge in [0.15, 0.2) is 5.13 Å². The van der Waals surface area contributed by atoms with Gasteiger partial charge in [-0.25, -0.2) is 4.98 Å². The lowest BCUT2D eigenvalue weighted by molar-refractivity contribution is 0.102. The maximum absolute atomic E-state index is 11.9. The van der Waals surface area contributed by atoms with E-state index in [0.717, 1.165) is 3.79 Å². The summed E-state index contributed by atoms with van der Waals surface area (Å²) >= 11 is 10.5. The molecule has 1 aromatic carbocycles. The summed E-state index contributed by atoms with van der Waals surface area (Å²) in [5.41, 5.74) is 6.42. The number of amides is 1. The number of nitrogens with one attached hydrogen (secondary N) is 1. The SMILES string of the molecule is Nc1ccc(Cl)c(C(=O)Nc2ncc(Br)s2)c1. The quantitative estimate of drug-likeness (QED) is 0.828. The van der Waals surface area contributed by atoms with Crippen LogP contribution in [0.25, 0.3) is 0 Å². The maximum Gasteiger partial charge on any atom is 0.259 e. The number of aromatic nitrogens is 1. The first-order valence-corrected chi connectivity index (χ1v) is 6.52. The second-order valence-electron chi connectivity index (χ2n) is 3.16. The smallest absolute Gasteiger partial charge is 0.259 e. The van der Waals surface area contributed by atoms with Crippen LogP contribution >= 0.6 is 38.9 Å². The molecule has 0 spiro atoms. The third-order valence-corrected chi connectivity index (χ3v) is 3.65. The Morgan fingerprint density at radius 1 is 1.53 bits per heavy atom. The van der Waals surface area contributed by atoms with E-state index in [1.165, 1.54) is 17.4 Å². The molecule has 1 amide bonds. The Hall–Kier alpha value is -1.11. The molecule has 0 saturated carbocycles. The van der Waals surface area contributed by atoms with Gasteiger partial charge in [0.25, 0.3) is 5.91 Å². The summed E-state index contributed by atoms with van der Waals surface area (Å²) in [5.74, 6) is -0.329. The summed E-state index contributed by atoms with van der Waals surface area (Å²) < 4.78 is 0.839. The van der Waals surface area contributed by atoms with Crippen LogP contribution in [0.15, 0.2) is 28.2 Å². The summed E-state index contributed by atoms with van der Waals surface area (Å²) in [6.45, 7) is 0. The van der Waals surface area contributed by atoms with Gasteiger partial charge in [-0.3, -0.25) is 10.1 Å². The molecule has 2 rings (SSSR count). The van der Waals surface area contributed by atoms with E-state index >= 15 is 0 Å². The first kappa shape index (κ1) is 12.3. The number of nitrogens with zero attached hydrogens (tertiary/aromatic N) is 1. The van der Waals surface area contributed by atoms with Crippen LogP contribution in [-0.4, -0.2) is 10.9 Å². The highest BCUT2D eigenvalue weighted by molar-refractivity contribution is 9.11. The number of benzene rings is 1. The number of rotatable bonds is 2. The Bertz CT molecular complexity index is 572. The highest BCUT2D eigenvalue weighted by atomic mass is 79.9. The normalized spacial score (nSPS) is 10.2. The van der Waals surface area contributed by atoms with Gasteiger partial charge in [0, 0.05) is 5.69 Å². The molecule has 2 aromatic rings. The van der Waals surface area contributed by atoms with Gasteiger partial charge in [0.05, 0.1) is 20.6 Å². The van der Waals surface area contributed by atoms with Crippen LogP contribution in [0.3, 0.4) is 0 Å². The standard InChI is InChI=1S/C10H7BrClN3OS/c11-8-4-14-10(17-8)15-9(16)6-3-5(13)1-2-7(6)12/h1-4H,13H2,(H,14,15,16). The average molecular weight is 333 g/mol. The molecule has 0 radical (unpaired) electrons. The number of nitrogen functional groups attached to an aromatic ring is 1. The van der Waals surface area contributed by atoms with E-state index in [0.29, 0.717) is 21.4 Å². The van der Waals surface area contributed by atoms with Gasteiger partial charge in [-0.2, -0.15) is 0 Å². The van der Waals surface area contributed by atoms with Crippen LogP contribution in [-0.2, 0) is 0 Å². The highest BCUT2D eigenvalue weighted by Crippen LogP contribution is 2.25. The minimum Gasteiger partial charge on any atom is -0.399 e. The molecule has 0 saturated heterocycles. The molecule has 0 aliphatic carbocycles. The van der Waals surface area contributed by atoms with Gasteiger partial charge >= 0.3 is 0 Å². The van der Waals surface area contributed by atoms with Crippen molar-refractivity contribution in [2.45, 2.75) is 0 Å². The van der Waals surface area contributed by atoms with Crippen molar-refractivity contribution in [1.29, 1.82) is 0 Å². The summed E-state index contributed by atoms with van der Waals surface area (Å²) in [6, 6.07) is 4.75. The topological polar surface area (TPSA) is 68.0 Å². The molecule has 0 aliphatic rings. The van der Waals surface area contributed by atoms with Crippen LogP contribution in [0.5, 0.6) is 0 Å². The second kappa shape index (κ2) is 5.03. The third-order valence-electron chi connectivity index (χ3n) is 1.93. The fourth-order valence-electron chi connectivity index (χ4n) is 1.19. The van der Waals surface area contributed by atoms with Crippen molar-refractivity contribution < 1.29 is 4.79 Å². The van der Waals surface area contributed by atoms with E-state index in [2.05, 4.69) is 26.2 Å². The largest absolute Gasteiger partial charge is 0.399 e. The number of carbonyl (C=O) groups is 1. The monoisotopic (exact) mass is 331 g/mol. The van der Waals surface area contributed by atoms with E-state index in [1.54, 1.807) is 18.3 Å². The molecule has 0 atom stereocenters. The predicted molar refractivity (Wildman–Crippen MR) is 73.6 cm³/mol. The van der Waals surface area contributed by atoms with Crippen molar-refractivity contribution in [2.75, 3.05) is 11.1 Å². The minimum absolute atomic E-state index is 0.329. The summed E-state index contributed by atoms with van der Waals surface area (Å²) in [4.78, 5) is 15.9. The number of hydrogen-bond acceptors (Lipinski definition) is 4. The Labute approximate surface area is 115 Å². The lowest BCUT2D eigenvalue weighted by Crippen LogP contribution is -2.12. The first-order chi connectivity index (χ1) is 8.06. The lowest BCUT2D eigenvalue weighted by atomic mass is 10.2. The molecule has 0 fully saturated rings. The van der Waals surface area contributed by atoms with Crippen LogP contribution in [0.1, 0.15) is 10.4 Å². The van der Waals surface area contributed by atoms with Crippen LogP contribution in [0.2, 0.25) is 5.02 Å². The van der Waals surface area contributed by atoms with Crippen LogP contribution < -0.4 is 11.1 Å². The summed E-state index contributed by atoms with van der Waals surface area (Å²) in [7, 11) is 0. The van der Waals surface area contributed by atoms with Crippen molar-refractivity contribution >= 4 is 55.6 Å². The summed E-state index contributed by atoms with van der Waals surface area (Å²) in [6.07, 6.45) is 1.61. The van der Waals surface area contributed by atoms with Crippen molar-refractivity contribution in [3.05, 3.63) is 38.8 Å². The van der Waals surface area contributed by atoms with E-state index in [9.17, 15) is 4.79 Å². The molecule has 1 aromatic heterocycles.